The van der Waals surface area contributed by atoms with Gasteiger partial charge in [-0.25, -0.2) is 0 Å². The first-order valence-electron chi connectivity index (χ1n) is 9.03. The fraction of sp³-hybridized carbons (Fsp3) is 0.381. The molecule has 0 bridgehead atoms. The van der Waals surface area contributed by atoms with Crippen LogP contribution >= 0.6 is 0 Å². The molecule has 2 aliphatic heterocycles. The number of para-hydroxylation sites is 1. The number of aliphatic imine (C=N–C) groups is 1. The molecule has 3 rings (SSSR count). The maximum atomic E-state index is 13.1. The van der Waals surface area contributed by atoms with Gasteiger partial charge in [-0.1, -0.05) is 18.2 Å². The van der Waals surface area contributed by atoms with Crippen LogP contribution in [0.1, 0.15) is 32.8 Å². The minimum absolute atomic E-state index is 0.0426. The molecule has 0 aromatic heterocycles. The molecule has 27 heavy (non-hydrogen) atoms. The third kappa shape index (κ3) is 3.79. The summed E-state index contributed by atoms with van der Waals surface area (Å²) in [5.74, 6) is 0.840. The Morgan fingerprint density at radius 3 is 2.89 bits per heavy atom. The van der Waals surface area contributed by atoms with E-state index < -0.39 is 5.54 Å². The monoisotopic (exact) mass is 367 g/mol. The van der Waals surface area contributed by atoms with Crippen LogP contribution in [0.15, 0.2) is 53.2 Å². The minimum atomic E-state index is -1.00. The predicted octanol–water partition coefficient (Wildman–Crippen LogP) is 2.61. The third-order valence-electron chi connectivity index (χ3n) is 4.94. The fourth-order valence-corrected chi connectivity index (χ4v) is 3.46. The zero-order valence-electron chi connectivity index (χ0n) is 16.2. The van der Waals surface area contributed by atoms with Crippen molar-refractivity contribution in [3.05, 3.63) is 53.8 Å². The SMILES string of the molecule is COc1ccccc1C[C@@H](C)NC(=O)[C@]1(C)CC(=O)N=C2C=C(C)C=CN21. The van der Waals surface area contributed by atoms with Crippen LogP contribution in [-0.4, -0.2) is 41.2 Å². The quantitative estimate of drug-likeness (QED) is 0.868. The highest BCUT2D eigenvalue weighted by atomic mass is 16.5. The number of fused-ring (bicyclic) bond motifs is 1. The molecule has 0 fully saturated rings. The number of nitrogens with one attached hydrogen (secondary N) is 1. The van der Waals surface area contributed by atoms with Crippen LogP contribution in [0.2, 0.25) is 0 Å². The second-order valence-corrected chi connectivity index (χ2v) is 7.28. The van der Waals surface area contributed by atoms with Crippen LogP contribution in [-0.2, 0) is 16.0 Å². The van der Waals surface area contributed by atoms with Gasteiger partial charge in [0.15, 0.2) is 0 Å². The first-order valence-corrected chi connectivity index (χ1v) is 9.03. The molecule has 2 aliphatic rings. The lowest BCUT2D eigenvalue weighted by Crippen LogP contribution is -2.61. The van der Waals surface area contributed by atoms with Crippen LogP contribution in [0.5, 0.6) is 5.75 Å². The molecule has 2 heterocycles. The van der Waals surface area contributed by atoms with Crippen molar-refractivity contribution in [2.24, 2.45) is 4.99 Å². The number of carbonyl (C=O) groups excluding carboxylic acids is 2. The van der Waals surface area contributed by atoms with Gasteiger partial charge in [-0.3, -0.25) is 9.59 Å². The maximum Gasteiger partial charge on any atom is 0.250 e. The van der Waals surface area contributed by atoms with Crippen molar-refractivity contribution < 1.29 is 14.3 Å². The van der Waals surface area contributed by atoms with Crippen LogP contribution < -0.4 is 10.1 Å². The lowest BCUT2D eigenvalue weighted by molar-refractivity contribution is -0.135. The van der Waals surface area contributed by atoms with Crippen molar-refractivity contribution in [1.29, 1.82) is 0 Å². The Kier molecular flexibility index (Phi) is 5.17. The zero-order chi connectivity index (χ0) is 19.6. The van der Waals surface area contributed by atoms with E-state index in [1.807, 2.05) is 56.5 Å². The van der Waals surface area contributed by atoms with E-state index in [0.717, 1.165) is 16.9 Å². The number of nitrogens with zero attached hydrogens (tertiary/aromatic N) is 2. The summed E-state index contributed by atoms with van der Waals surface area (Å²) in [5, 5.41) is 3.06. The topological polar surface area (TPSA) is 71.0 Å². The van der Waals surface area contributed by atoms with Crippen molar-refractivity contribution in [3.63, 3.8) is 0 Å². The first-order chi connectivity index (χ1) is 12.8. The summed E-state index contributed by atoms with van der Waals surface area (Å²) in [6.45, 7) is 5.66. The molecular weight excluding hydrogens is 342 g/mol. The number of benzene rings is 1. The predicted molar refractivity (Wildman–Crippen MR) is 105 cm³/mol. The van der Waals surface area contributed by atoms with E-state index in [4.69, 9.17) is 4.74 Å². The van der Waals surface area contributed by atoms with Gasteiger partial charge in [-0.15, -0.1) is 0 Å². The van der Waals surface area contributed by atoms with Crippen molar-refractivity contribution >= 4 is 17.6 Å². The number of amidine groups is 1. The Bertz CT molecular complexity index is 856. The summed E-state index contributed by atoms with van der Waals surface area (Å²) >= 11 is 0. The Hall–Kier alpha value is -2.89. The van der Waals surface area contributed by atoms with Gasteiger partial charge >= 0.3 is 0 Å². The number of allylic oxidation sites excluding steroid dienone is 2. The number of carbonyl (C=O) groups is 2. The Morgan fingerprint density at radius 2 is 2.15 bits per heavy atom. The molecule has 6 heteroatoms. The van der Waals surface area contributed by atoms with Crippen molar-refractivity contribution in [2.75, 3.05) is 7.11 Å². The van der Waals surface area contributed by atoms with Crippen molar-refractivity contribution in [2.45, 2.75) is 45.2 Å². The fourth-order valence-electron chi connectivity index (χ4n) is 3.46. The second kappa shape index (κ2) is 7.39. The van der Waals surface area contributed by atoms with Gasteiger partial charge in [-0.2, -0.15) is 4.99 Å². The summed E-state index contributed by atoms with van der Waals surface area (Å²) in [6, 6.07) is 7.64. The normalized spacial score (nSPS) is 22.5. The average Bonchev–Trinajstić information content (AvgIpc) is 2.61. The highest BCUT2D eigenvalue weighted by molar-refractivity contribution is 6.09. The van der Waals surface area contributed by atoms with Crippen LogP contribution in [0.3, 0.4) is 0 Å². The number of hydrogen-bond acceptors (Lipinski definition) is 4. The molecule has 2 amide bonds. The van der Waals surface area contributed by atoms with Crippen LogP contribution in [0, 0.1) is 0 Å². The van der Waals surface area contributed by atoms with Gasteiger partial charge in [-0.05, 0) is 56.5 Å². The van der Waals surface area contributed by atoms with Gasteiger partial charge in [0.25, 0.3) is 5.91 Å². The lowest BCUT2D eigenvalue weighted by atomic mass is 9.90. The zero-order valence-corrected chi connectivity index (χ0v) is 16.2. The molecule has 0 radical (unpaired) electrons. The molecule has 0 spiro atoms. The van der Waals surface area contributed by atoms with E-state index in [2.05, 4.69) is 10.3 Å². The Labute approximate surface area is 159 Å². The second-order valence-electron chi connectivity index (χ2n) is 7.28. The maximum absolute atomic E-state index is 13.1. The molecule has 1 aromatic carbocycles. The van der Waals surface area contributed by atoms with Gasteiger partial charge < -0.3 is 15.0 Å². The molecule has 0 unspecified atom stereocenters. The van der Waals surface area contributed by atoms with Gasteiger partial charge in [0, 0.05) is 12.2 Å². The van der Waals surface area contributed by atoms with E-state index in [-0.39, 0.29) is 24.3 Å². The number of hydrogen-bond donors (Lipinski definition) is 1. The summed E-state index contributed by atoms with van der Waals surface area (Å²) in [7, 11) is 1.63. The van der Waals surface area contributed by atoms with E-state index >= 15 is 0 Å². The van der Waals surface area contributed by atoms with E-state index in [0.29, 0.717) is 12.3 Å². The summed E-state index contributed by atoms with van der Waals surface area (Å²) in [6.07, 6.45) is 6.24. The highest BCUT2D eigenvalue weighted by Crippen LogP contribution is 2.29. The van der Waals surface area contributed by atoms with Gasteiger partial charge in [0.05, 0.1) is 13.5 Å². The molecule has 6 nitrogen and oxygen atoms in total. The molecule has 0 saturated carbocycles. The highest BCUT2D eigenvalue weighted by Gasteiger charge is 2.45. The van der Waals surface area contributed by atoms with Crippen molar-refractivity contribution in [1.82, 2.24) is 10.2 Å². The van der Waals surface area contributed by atoms with Crippen LogP contribution in [0.4, 0.5) is 0 Å². The average molecular weight is 367 g/mol. The Morgan fingerprint density at radius 1 is 1.41 bits per heavy atom. The summed E-state index contributed by atoms with van der Waals surface area (Å²) in [5.41, 5.74) is 1.01. The molecule has 1 aromatic rings. The Balaban J connectivity index is 1.76. The van der Waals surface area contributed by atoms with Crippen LogP contribution in [0.25, 0.3) is 0 Å². The number of ether oxygens (including phenoxy) is 1. The minimum Gasteiger partial charge on any atom is -0.496 e. The van der Waals surface area contributed by atoms with E-state index in [1.165, 1.54) is 0 Å². The smallest absolute Gasteiger partial charge is 0.250 e. The lowest BCUT2D eigenvalue weighted by Gasteiger charge is -2.42. The number of methoxy groups -OCH3 is 1. The largest absolute Gasteiger partial charge is 0.496 e. The number of amides is 2. The summed E-state index contributed by atoms with van der Waals surface area (Å²) in [4.78, 5) is 31.1. The van der Waals surface area contributed by atoms with Gasteiger partial charge in [0.2, 0.25) is 5.91 Å². The molecule has 2 atom stereocenters. The molecular formula is C21H25N3O3. The molecule has 0 saturated heterocycles. The molecule has 1 N–H and O–H groups in total. The number of rotatable bonds is 5. The summed E-state index contributed by atoms with van der Waals surface area (Å²) < 4.78 is 5.39. The third-order valence-corrected chi connectivity index (χ3v) is 4.94. The first kappa shape index (κ1) is 18.9. The van der Waals surface area contributed by atoms with Gasteiger partial charge in [0.1, 0.15) is 17.1 Å². The standard InChI is InChI=1S/C21H25N3O3/c1-14-9-10-24-18(11-14)23-19(25)13-21(24,3)20(26)22-15(2)12-16-7-5-6-8-17(16)27-4/h5-11,15H,12-13H2,1-4H3,(H,22,26)/t15-,21+/m1/s1. The molecule has 0 aliphatic carbocycles. The van der Waals surface area contributed by atoms with Crippen molar-refractivity contribution in [3.8, 4) is 5.75 Å². The molecule has 142 valence electrons. The van der Waals surface area contributed by atoms with E-state index in [1.54, 1.807) is 18.9 Å². The van der Waals surface area contributed by atoms with E-state index in [9.17, 15) is 9.59 Å².